The van der Waals surface area contributed by atoms with E-state index < -0.39 is 5.54 Å². The van der Waals surface area contributed by atoms with Gasteiger partial charge in [-0.2, -0.15) is 0 Å². The maximum Gasteiger partial charge on any atom is 0.248 e. The Labute approximate surface area is 155 Å². The van der Waals surface area contributed by atoms with E-state index in [-0.39, 0.29) is 11.8 Å². The van der Waals surface area contributed by atoms with Gasteiger partial charge >= 0.3 is 0 Å². The molecule has 2 aliphatic heterocycles. The predicted octanol–water partition coefficient (Wildman–Crippen LogP) is 3.67. The van der Waals surface area contributed by atoms with E-state index in [0.717, 1.165) is 50.8 Å². The summed E-state index contributed by atoms with van der Waals surface area (Å²) in [4.78, 5) is 29.8. The third-order valence-electron chi connectivity index (χ3n) is 5.53. The van der Waals surface area contributed by atoms with Gasteiger partial charge in [0.05, 0.1) is 0 Å². The number of likely N-dealkylation sites (tertiary alicyclic amines) is 2. The molecule has 0 aromatic heterocycles. The molecule has 25 heavy (non-hydrogen) atoms. The zero-order chi connectivity index (χ0) is 17.9. The van der Waals surface area contributed by atoms with Crippen LogP contribution in [0.3, 0.4) is 0 Å². The molecule has 2 heterocycles. The second-order valence-corrected chi connectivity index (χ2v) is 7.64. The van der Waals surface area contributed by atoms with E-state index in [4.69, 9.17) is 11.6 Å². The van der Waals surface area contributed by atoms with E-state index in [2.05, 4.69) is 6.92 Å². The summed E-state index contributed by atoms with van der Waals surface area (Å²) in [5.41, 5.74) is 0.540. The van der Waals surface area contributed by atoms with Crippen molar-refractivity contribution in [3.05, 3.63) is 34.9 Å². The minimum absolute atomic E-state index is 0.110. The van der Waals surface area contributed by atoms with Gasteiger partial charge in [0.15, 0.2) is 0 Å². The molecule has 4 nitrogen and oxygen atoms in total. The largest absolute Gasteiger partial charge is 0.341 e. The summed E-state index contributed by atoms with van der Waals surface area (Å²) in [6.45, 7) is 4.44. The molecule has 2 fully saturated rings. The molecule has 1 aromatic carbocycles. The molecular weight excluding hydrogens is 336 g/mol. The molecule has 5 heteroatoms. The fourth-order valence-corrected chi connectivity index (χ4v) is 4.44. The van der Waals surface area contributed by atoms with E-state index in [1.165, 1.54) is 0 Å². The summed E-state index contributed by atoms with van der Waals surface area (Å²) < 4.78 is 0. The number of benzene rings is 1. The second kappa shape index (κ2) is 7.77. The number of hydrogen-bond acceptors (Lipinski definition) is 2. The minimum Gasteiger partial charge on any atom is -0.341 e. The smallest absolute Gasteiger partial charge is 0.248 e. The van der Waals surface area contributed by atoms with Crippen molar-refractivity contribution < 1.29 is 9.59 Å². The highest BCUT2D eigenvalue weighted by atomic mass is 35.5. The Morgan fingerprint density at radius 1 is 1.16 bits per heavy atom. The lowest BCUT2D eigenvalue weighted by Crippen LogP contribution is -2.61. The topological polar surface area (TPSA) is 40.6 Å². The van der Waals surface area contributed by atoms with Crippen molar-refractivity contribution in [3.8, 4) is 0 Å². The summed E-state index contributed by atoms with van der Waals surface area (Å²) >= 11 is 5.91. The standard InChI is InChI=1S/C20H27ClN2O2/c1-2-13-22-14-3-11-20(19(22)25)12-4-15-23(20)18(24)10-7-16-5-8-17(21)9-6-16/h5-6,8-9H,2-4,7,10-15H2,1H3. The van der Waals surface area contributed by atoms with Gasteiger partial charge in [-0.25, -0.2) is 0 Å². The van der Waals surface area contributed by atoms with Crippen LogP contribution in [0.15, 0.2) is 24.3 Å². The molecule has 136 valence electrons. The number of carbonyl (C=O) groups excluding carboxylic acids is 2. The Hall–Kier alpha value is -1.55. The number of rotatable bonds is 5. The lowest BCUT2D eigenvalue weighted by Gasteiger charge is -2.44. The first-order valence-corrected chi connectivity index (χ1v) is 9.79. The van der Waals surface area contributed by atoms with Crippen molar-refractivity contribution >= 4 is 23.4 Å². The molecule has 1 spiro atoms. The number of piperidine rings is 1. The maximum atomic E-state index is 13.1. The van der Waals surface area contributed by atoms with Crippen LogP contribution in [0.1, 0.15) is 51.0 Å². The number of halogens is 1. The van der Waals surface area contributed by atoms with E-state index in [1.807, 2.05) is 34.1 Å². The average Bonchev–Trinajstić information content (AvgIpc) is 3.03. The van der Waals surface area contributed by atoms with Crippen molar-refractivity contribution in [1.82, 2.24) is 9.80 Å². The van der Waals surface area contributed by atoms with Gasteiger partial charge in [-0.05, 0) is 56.2 Å². The fraction of sp³-hybridized carbons (Fsp3) is 0.600. The quantitative estimate of drug-likeness (QED) is 0.801. The van der Waals surface area contributed by atoms with E-state index >= 15 is 0 Å². The first-order valence-electron chi connectivity index (χ1n) is 9.41. The van der Waals surface area contributed by atoms with E-state index in [1.54, 1.807) is 0 Å². The van der Waals surface area contributed by atoms with Crippen molar-refractivity contribution in [2.24, 2.45) is 0 Å². The molecular formula is C20H27ClN2O2. The van der Waals surface area contributed by atoms with Crippen molar-refractivity contribution in [2.45, 2.75) is 57.4 Å². The van der Waals surface area contributed by atoms with Gasteiger partial charge in [-0.3, -0.25) is 9.59 Å². The molecule has 0 radical (unpaired) electrons. The highest BCUT2D eigenvalue weighted by molar-refractivity contribution is 6.30. The first-order chi connectivity index (χ1) is 12.1. The van der Waals surface area contributed by atoms with Crippen molar-refractivity contribution in [3.63, 3.8) is 0 Å². The average molecular weight is 363 g/mol. The molecule has 1 unspecified atom stereocenters. The molecule has 3 rings (SSSR count). The van der Waals surface area contributed by atoms with Crippen molar-refractivity contribution in [2.75, 3.05) is 19.6 Å². The predicted molar refractivity (Wildman–Crippen MR) is 99.6 cm³/mol. The van der Waals surface area contributed by atoms with E-state index in [0.29, 0.717) is 24.4 Å². The van der Waals surface area contributed by atoms with Crippen LogP contribution in [0.2, 0.25) is 5.02 Å². The van der Waals surface area contributed by atoms with Gasteiger partial charge in [0, 0.05) is 31.1 Å². The third-order valence-corrected chi connectivity index (χ3v) is 5.78. The number of aryl methyl sites for hydroxylation is 1. The van der Waals surface area contributed by atoms with Gasteiger partial charge in [0.1, 0.15) is 5.54 Å². The van der Waals surface area contributed by atoms with Crippen LogP contribution in [0.25, 0.3) is 0 Å². The minimum atomic E-state index is -0.565. The normalized spacial score (nSPS) is 23.5. The molecule has 0 aliphatic carbocycles. The van der Waals surface area contributed by atoms with Crippen LogP contribution in [-0.4, -0.2) is 46.8 Å². The Balaban J connectivity index is 1.68. The Kier molecular flexibility index (Phi) is 5.67. The van der Waals surface area contributed by atoms with Gasteiger partial charge in [0.2, 0.25) is 11.8 Å². The van der Waals surface area contributed by atoms with Gasteiger partial charge in [-0.15, -0.1) is 0 Å². The van der Waals surface area contributed by atoms with Crippen LogP contribution >= 0.6 is 11.6 Å². The molecule has 2 aliphatic rings. The second-order valence-electron chi connectivity index (χ2n) is 7.20. The van der Waals surface area contributed by atoms with Gasteiger partial charge in [-0.1, -0.05) is 30.7 Å². The molecule has 0 N–H and O–H groups in total. The number of hydrogen-bond donors (Lipinski definition) is 0. The summed E-state index contributed by atoms with van der Waals surface area (Å²) in [5.74, 6) is 0.289. The summed E-state index contributed by atoms with van der Waals surface area (Å²) in [7, 11) is 0. The number of nitrogens with zero attached hydrogens (tertiary/aromatic N) is 2. The van der Waals surface area contributed by atoms with E-state index in [9.17, 15) is 9.59 Å². The Morgan fingerprint density at radius 2 is 1.84 bits per heavy atom. The van der Waals surface area contributed by atoms with Crippen LogP contribution in [0.5, 0.6) is 0 Å². The highest BCUT2D eigenvalue weighted by Gasteiger charge is 2.52. The third kappa shape index (κ3) is 3.69. The van der Waals surface area contributed by atoms with Crippen LogP contribution in [0, 0.1) is 0 Å². The Bertz CT molecular complexity index is 629. The SMILES string of the molecule is CCCN1CCCC2(CCCN2C(=O)CCc2ccc(Cl)cc2)C1=O. The first kappa shape index (κ1) is 18.2. The zero-order valence-electron chi connectivity index (χ0n) is 15.0. The number of amides is 2. The maximum absolute atomic E-state index is 13.1. The van der Waals surface area contributed by atoms with Crippen LogP contribution < -0.4 is 0 Å². The number of carbonyl (C=O) groups is 2. The summed E-state index contributed by atoms with van der Waals surface area (Å²) in [6, 6.07) is 7.63. The Morgan fingerprint density at radius 3 is 2.52 bits per heavy atom. The molecule has 1 aromatic rings. The fourth-order valence-electron chi connectivity index (χ4n) is 4.31. The van der Waals surface area contributed by atoms with Crippen molar-refractivity contribution in [1.29, 1.82) is 0 Å². The molecule has 0 bridgehead atoms. The molecule has 2 saturated heterocycles. The van der Waals surface area contributed by atoms with Crippen LogP contribution in [-0.2, 0) is 16.0 Å². The lowest BCUT2D eigenvalue weighted by molar-refractivity contribution is -0.155. The molecule has 1 atom stereocenters. The van der Waals surface area contributed by atoms with Gasteiger partial charge in [0.25, 0.3) is 0 Å². The lowest BCUT2D eigenvalue weighted by atomic mass is 9.85. The summed E-state index contributed by atoms with van der Waals surface area (Å²) in [6.07, 6.45) is 5.66. The van der Waals surface area contributed by atoms with Gasteiger partial charge < -0.3 is 9.80 Å². The monoisotopic (exact) mass is 362 g/mol. The zero-order valence-corrected chi connectivity index (χ0v) is 15.7. The summed E-state index contributed by atoms with van der Waals surface area (Å²) in [5, 5.41) is 0.706. The molecule has 0 saturated carbocycles. The molecule has 2 amide bonds. The van der Waals surface area contributed by atoms with Crippen LogP contribution in [0.4, 0.5) is 0 Å². The highest BCUT2D eigenvalue weighted by Crippen LogP contribution is 2.38.